The summed E-state index contributed by atoms with van der Waals surface area (Å²) in [5, 5.41) is 11.9. The number of hydrogen-bond donors (Lipinski definition) is 2. The molecule has 1 saturated carbocycles. The average Bonchev–Trinajstić information content (AvgIpc) is 3.72. The number of rotatable bonds is 12. The first-order valence-corrected chi connectivity index (χ1v) is 17.4. The summed E-state index contributed by atoms with van der Waals surface area (Å²) in [7, 11) is 0. The van der Waals surface area contributed by atoms with Crippen molar-refractivity contribution < 1.29 is 41.3 Å². The molecule has 6 rings (SSSR count). The molecule has 2 N–H and O–H groups in total. The van der Waals surface area contributed by atoms with Crippen LogP contribution in [0.5, 0.6) is 0 Å². The summed E-state index contributed by atoms with van der Waals surface area (Å²) in [4.78, 5) is 15.0. The summed E-state index contributed by atoms with van der Waals surface area (Å²) in [6, 6.07) is 22.9. The molecule has 52 heavy (non-hydrogen) atoms. The van der Waals surface area contributed by atoms with Crippen molar-refractivity contribution in [2.24, 2.45) is 5.92 Å². The minimum absolute atomic E-state index is 0.00450. The molecule has 0 bridgehead atoms. The van der Waals surface area contributed by atoms with E-state index in [9.17, 15) is 31.9 Å². The largest absolute Gasteiger partial charge is 0.392 e. The van der Waals surface area contributed by atoms with Gasteiger partial charge in [-0.1, -0.05) is 86.5 Å². The summed E-state index contributed by atoms with van der Waals surface area (Å²) in [6.45, 7) is 7.31. The molecule has 0 spiro atoms. The number of nitrogens with zero attached hydrogens (tertiary/aromatic N) is 1. The van der Waals surface area contributed by atoms with Gasteiger partial charge in [0.15, 0.2) is 29.6 Å². The molecule has 6 nitrogen and oxygen atoms in total. The van der Waals surface area contributed by atoms with Gasteiger partial charge in [0.2, 0.25) is 5.82 Å². The highest BCUT2D eigenvalue weighted by Gasteiger charge is 2.40. The van der Waals surface area contributed by atoms with Gasteiger partial charge in [-0.05, 0) is 52.8 Å². The Balaban J connectivity index is 1.24. The molecule has 4 aromatic carbocycles. The van der Waals surface area contributed by atoms with E-state index in [1.54, 1.807) is 18.2 Å². The number of amides is 1. The predicted octanol–water partition coefficient (Wildman–Crippen LogP) is 8.69. The lowest BCUT2D eigenvalue weighted by Crippen LogP contribution is -2.47. The first-order valence-electron chi connectivity index (χ1n) is 17.4. The third kappa shape index (κ3) is 7.97. The normalized spacial score (nSPS) is 20.7. The van der Waals surface area contributed by atoms with Gasteiger partial charge in [0, 0.05) is 37.2 Å². The number of carbonyl (C=O) groups is 1. The Labute approximate surface area is 299 Å². The molecule has 2 fully saturated rings. The van der Waals surface area contributed by atoms with Crippen LogP contribution < -0.4 is 5.32 Å². The molecule has 2 aliphatic rings. The molecule has 4 atom stereocenters. The topological polar surface area (TPSA) is 71.0 Å². The summed E-state index contributed by atoms with van der Waals surface area (Å²) >= 11 is 0. The number of ether oxygens (including phenoxy) is 2. The second-order valence-corrected chi connectivity index (χ2v) is 13.5. The lowest BCUT2D eigenvalue weighted by atomic mass is 9.89. The Kier molecular flexibility index (Phi) is 11.8. The van der Waals surface area contributed by atoms with Crippen LogP contribution in [-0.4, -0.2) is 41.1 Å². The monoisotopic (exact) mass is 720 g/mol. The van der Waals surface area contributed by atoms with Gasteiger partial charge in [-0.2, -0.15) is 0 Å². The molecule has 1 saturated heterocycles. The first kappa shape index (κ1) is 37.3. The molecule has 0 aromatic heterocycles. The summed E-state index contributed by atoms with van der Waals surface area (Å²) in [5.41, 5.74) is 3.11. The Morgan fingerprint density at radius 2 is 1.48 bits per heavy atom. The lowest BCUT2D eigenvalue weighted by Gasteiger charge is -2.43. The van der Waals surface area contributed by atoms with Crippen LogP contribution in [0.25, 0.3) is 11.1 Å². The van der Waals surface area contributed by atoms with Gasteiger partial charge >= 0.3 is 0 Å². The van der Waals surface area contributed by atoms with Crippen LogP contribution in [0.1, 0.15) is 77.6 Å². The van der Waals surface area contributed by atoms with Crippen molar-refractivity contribution in [3.8, 4) is 11.1 Å². The fourth-order valence-corrected chi connectivity index (χ4v) is 7.17. The van der Waals surface area contributed by atoms with Crippen molar-refractivity contribution in [3.63, 3.8) is 0 Å². The number of hydrogen-bond acceptors (Lipinski definition) is 5. The van der Waals surface area contributed by atoms with E-state index in [-0.39, 0.29) is 31.3 Å². The van der Waals surface area contributed by atoms with E-state index in [0.717, 1.165) is 47.2 Å². The second kappa shape index (κ2) is 16.5. The molecule has 1 aliphatic carbocycles. The van der Waals surface area contributed by atoms with E-state index in [1.165, 1.54) is 12.8 Å². The van der Waals surface area contributed by atoms with Crippen LogP contribution in [-0.2, 0) is 22.6 Å². The van der Waals surface area contributed by atoms with Crippen LogP contribution in [0, 0.1) is 35.0 Å². The zero-order chi connectivity index (χ0) is 36.9. The highest BCUT2D eigenvalue weighted by Crippen LogP contribution is 2.43. The third-order valence-electron chi connectivity index (χ3n) is 10.1. The number of carbonyl (C=O) groups excluding carboxylic acids is 1. The summed E-state index contributed by atoms with van der Waals surface area (Å²) < 4.78 is 82.7. The van der Waals surface area contributed by atoms with Crippen LogP contribution in [0.2, 0.25) is 0 Å². The fraction of sp³-hybridized carbons (Fsp3) is 0.341. The molecule has 0 radical (unpaired) electrons. The maximum absolute atomic E-state index is 14.2. The number of nitrogens with one attached hydrogen (secondary N) is 1. The van der Waals surface area contributed by atoms with Crippen molar-refractivity contribution in [1.82, 2.24) is 10.2 Å². The molecule has 1 aliphatic heterocycles. The standard InChI is InChI=1S/C41H41F5N2O4/c1-3-18-48(31-12-4-5-13-31)22-32-24(2)39(27-16-14-25(23-49)15-17-27)52-41(51-32)30-11-7-10-29(20-30)28-9-6-8-26(19-28)21-47-40(50)33-34(42)36(44)38(46)37(45)35(33)43/h3,6-11,14-17,19-20,24,31-32,39,41,49H,1,4-5,12-13,18,21-23H2,2H3,(H,47,50)/t24-,32+,39+,41+/m0/s1. The second-order valence-electron chi connectivity index (χ2n) is 13.5. The summed E-state index contributed by atoms with van der Waals surface area (Å²) in [6.07, 6.45) is 5.46. The predicted molar refractivity (Wildman–Crippen MR) is 186 cm³/mol. The van der Waals surface area contributed by atoms with E-state index in [0.29, 0.717) is 18.2 Å². The zero-order valence-electron chi connectivity index (χ0n) is 28.8. The van der Waals surface area contributed by atoms with Gasteiger partial charge in [-0.3, -0.25) is 9.69 Å². The maximum Gasteiger partial charge on any atom is 0.257 e. The zero-order valence-corrected chi connectivity index (χ0v) is 28.8. The average molecular weight is 721 g/mol. The first-order chi connectivity index (χ1) is 25.1. The van der Waals surface area contributed by atoms with Crippen LogP contribution >= 0.6 is 0 Å². The fourth-order valence-electron chi connectivity index (χ4n) is 7.17. The minimum atomic E-state index is -2.33. The molecular formula is C41H41F5N2O4. The Morgan fingerprint density at radius 3 is 2.13 bits per heavy atom. The Bertz CT molecular complexity index is 1870. The smallest absolute Gasteiger partial charge is 0.257 e. The number of aliphatic hydroxyl groups excluding tert-OH is 1. The van der Waals surface area contributed by atoms with Crippen molar-refractivity contribution in [2.45, 2.75) is 70.3 Å². The van der Waals surface area contributed by atoms with Gasteiger partial charge < -0.3 is 19.9 Å². The van der Waals surface area contributed by atoms with Crippen LogP contribution in [0.4, 0.5) is 22.0 Å². The van der Waals surface area contributed by atoms with E-state index in [4.69, 9.17) is 9.47 Å². The number of halogens is 5. The summed E-state index contributed by atoms with van der Waals surface area (Å²) in [5.74, 6) is -12.5. The van der Waals surface area contributed by atoms with Crippen LogP contribution in [0.3, 0.4) is 0 Å². The van der Waals surface area contributed by atoms with Gasteiger partial charge in [0.25, 0.3) is 5.91 Å². The lowest BCUT2D eigenvalue weighted by molar-refractivity contribution is -0.276. The van der Waals surface area contributed by atoms with E-state index in [1.807, 2.05) is 60.7 Å². The SMILES string of the molecule is C=CCN(C[C@H]1O[C@@H](c2cccc(-c3cccc(CNC(=O)c4c(F)c(F)c(F)c(F)c4F)c3)c2)O[C@@H](c2ccc(CO)cc2)[C@H]1C)C1CCCC1. The minimum Gasteiger partial charge on any atom is -0.392 e. The quantitative estimate of drug-likeness (QED) is 0.0664. The van der Waals surface area contributed by atoms with Crippen LogP contribution in [0.15, 0.2) is 85.5 Å². The van der Waals surface area contributed by atoms with Crippen molar-refractivity contribution in [3.05, 3.63) is 142 Å². The van der Waals surface area contributed by atoms with Gasteiger partial charge in [0.1, 0.15) is 5.56 Å². The molecular weight excluding hydrogens is 679 g/mol. The molecule has 4 aromatic rings. The van der Waals surface area contributed by atoms with E-state index >= 15 is 0 Å². The number of benzene rings is 4. The van der Waals surface area contributed by atoms with Gasteiger partial charge in [-0.15, -0.1) is 6.58 Å². The highest BCUT2D eigenvalue weighted by atomic mass is 19.2. The van der Waals surface area contributed by atoms with Gasteiger partial charge in [0.05, 0.1) is 18.8 Å². The molecule has 1 heterocycles. The third-order valence-corrected chi connectivity index (χ3v) is 10.1. The number of aliphatic hydroxyl groups is 1. The Morgan fingerprint density at radius 1 is 0.846 bits per heavy atom. The highest BCUT2D eigenvalue weighted by molar-refractivity contribution is 5.94. The van der Waals surface area contributed by atoms with Crippen molar-refractivity contribution >= 4 is 5.91 Å². The van der Waals surface area contributed by atoms with Crippen molar-refractivity contribution in [2.75, 3.05) is 13.1 Å². The molecule has 274 valence electrons. The molecule has 1 amide bonds. The van der Waals surface area contributed by atoms with E-state index < -0.39 is 46.8 Å². The van der Waals surface area contributed by atoms with Gasteiger partial charge in [-0.25, -0.2) is 22.0 Å². The maximum atomic E-state index is 14.2. The molecule has 11 heteroatoms. The Hall–Kier alpha value is -4.42. The molecule has 0 unspecified atom stereocenters. The van der Waals surface area contributed by atoms with E-state index in [2.05, 4.69) is 23.7 Å². The van der Waals surface area contributed by atoms with Crippen molar-refractivity contribution in [1.29, 1.82) is 0 Å².